The summed E-state index contributed by atoms with van der Waals surface area (Å²) in [5.41, 5.74) is 1.80. The number of aromatic nitrogens is 2. The van der Waals surface area contributed by atoms with Gasteiger partial charge in [-0.15, -0.1) is 0 Å². The van der Waals surface area contributed by atoms with E-state index in [1.54, 1.807) is 6.20 Å². The van der Waals surface area contributed by atoms with Crippen LogP contribution in [0.2, 0.25) is 0 Å². The van der Waals surface area contributed by atoms with Gasteiger partial charge in [-0.25, -0.2) is 4.98 Å². The van der Waals surface area contributed by atoms with Gasteiger partial charge < -0.3 is 4.90 Å². The molecule has 0 radical (unpaired) electrons. The Kier molecular flexibility index (Phi) is 2.27. The van der Waals surface area contributed by atoms with Gasteiger partial charge in [0.25, 0.3) is 0 Å². The zero-order valence-corrected chi connectivity index (χ0v) is 9.37. The molecule has 80 valence electrons. The number of anilines is 1. The van der Waals surface area contributed by atoms with Gasteiger partial charge in [0.1, 0.15) is 0 Å². The molecule has 0 saturated carbocycles. The number of fused-ring (bicyclic) bond motifs is 1. The van der Waals surface area contributed by atoms with E-state index in [1.807, 2.05) is 29.2 Å². The Balaban J connectivity index is 2.08. The summed E-state index contributed by atoms with van der Waals surface area (Å²) in [5, 5.41) is 3.19. The van der Waals surface area contributed by atoms with Gasteiger partial charge in [-0.2, -0.15) is 0 Å². The van der Waals surface area contributed by atoms with E-state index in [0.717, 1.165) is 28.4 Å². The van der Waals surface area contributed by atoms with Crippen molar-refractivity contribution in [2.75, 3.05) is 18.1 Å². The van der Waals surface area contributed by atoms with E-state index in [-0.39, 0.29) is 0 Å². The first kappa shape index (κ1) is 9.62. The van der Waals surface area contributed by atoms with Crippen LogP contribution < -0.4 is 10.2 Å². The quantitative estimate of drug-likeness (QED) is 0.748. The van der Waals surface area contributed by atoms with Crippen LogP contribution in [0.25, 0.3) is 11.0 Å². The van der Waals surface area contributed by atoms with Crippen LogP contribution in [0, 0.1) is 0 Å². The second-order valence-electron chi connectivity index (χ2n) is 3.62. The Morgan fingerprint density at radius 1 is 1.25 bits per heavy atom. The molecule has 1 aromatic carbocycles. The minimum atomic E-state index is 0.714. The van der Waals surface area contributed by atoms with E-state index >= 15 is 0 Å². The molecule has 1 fully saturated rings. The van der Waals surface area contributed by atoms with Gasteiger partial charge in [-0.3, -0.25) is 10.3 Å². The van der Waals surface area contributed by atoms with Gasteiger partial charge in [-0.1, -0.05) is 24.4 Å². The highest BCUT2D eigenvalue weighted by molar-refractivity contribution is 7.80. The Bertz CT molecular complexity index is 554. The normalized spacial score (nSPS) is 16.0. The minimum absolute atomic E-state index is 0.714. The molecule has 2 aromatic rings. The van der Waals surface area contributed by atoms with Crippen LogP contribution in [0.3, 0.4) is 0 Å². The summed E-state index contributed by atoms with van der Waals surface area (Å²) >= 11 is 5.24. The molecule has 3 rings (SSSR count). The summed E-state index contributed by atoms with van der Waals surface area (Å²) in [6.07, 6.45) is 1.77. The Labute approximate surface area is 98.3 Å². The van der Waals surface area contributed by atoms with Crippen molar-refractivity contribution in [3.05, 3.63) is 30.5 Å². The summed E-state index contributed by atoms with van der Waals surface area (Å²) in [6, 6.07) is 7.82. The maximum atomic E-state index is 5.24. The molecule has 0 spiro atoms. The van der Waals surface area contributed by atoms with E-state index in [2.05, 4.69) is 15.3 Å². The first-order valence-corrected chi connectivity index (χ1v) is 5.48. The molecular formula is C11H10N4S. The predicted octanol–water partition coefficient (Wildman–Crippen LogP) is 1.32. The first-order chi connectivity index (χ1) is 7.84. The largest absolute Gasteiger partial charge is 0.305 e. The second-order valence-corrected chi connectivity index (χ2v) is 4.09. The third-order valence-electron chi connectivity index (χ3n) is 2.56. The summed E-state index contributed by atoms with van der Waals surface area (Å²) in [7, 11) is 0. The SMILES string of the molecule is S=C1CNCN1c1cnc2ccccc2n1. The Morgan fingerprint density at radius 3 is 2.81 bits per heavy atom. The van der Waals surface area contributed by atoms with Crippen LogP contribution in [0.5, 0.6) is 0 Å². The number of nitrogens with zero attached hydrogens (tertiary/aromatic N) is 3. The summed E-state index contributed by atoms with van der Waals surface area (Å²) in [4.78, 5) is 11.7. The van der Waals surface area contributed by atoms with Crippen molar-refractivity contribution in [2.24, 2.45) is 0 Å². The molecule has 1 aliphatic heterocycles. The molecule has 1 N–H and O–H groups in total. The lowest BCUT2D eigenvalue weighted by molar-refractivity contribution is 0.849. The lowest BCUT2D eigenvalue weighted by Crippen LogP contribution is -2.25. The average Bonchev–Trinajstić information content (AvgIpc) is 2.75. The fraction of sp³-hybridized carbons (Fsp3) is 0.182. The maximum Gasteiger partial charge on any atom is 0.153 e. The Hall–Kier alpha value is -1.59. The van der Waals surface area contributed by atoms with E-state index in [9.17, 15) is 0 Å². The monoisotopic (exact) mass is 230 g/mol. The van der Waals surface area contributed by atoms with Crippen LogP contribution in [-0.4, -0.2) is 28.2 Å². The van der Waals surface area contributed by atoms with Crippen molar-refractivity contribution >= 4 is 34.1 Å². The topological polar surface area (TPSA) is 41.0 Å². The highest BCUT2D eigenvalue weighted by Gasteiger charge is 2.19. The predicted molar refractivity (Wildman–Crippen MR) is 67.5 cm³/mol. The minimum Gasteiger partial charge on any atom is -0.305 e. The summed E-state index contributed by atoms with van der Waals surface area (Å²) < 4.78 is 0. The van der Waals surface area contributed by atoms with E-state index < -0.39 is 0 Å². The average molecular weight is 230 g/mol. The zero-order chi connectivity index (χ0) is 11.0. The summed E-state index contributed by atoms with van der Waals surface area (Å²) in [6.45, 7) is 1.45. The molecule has 0 aliphatic carbocycles. The lowest BCUT2D eigenvalue weighted by atomic mass is 10.3. The molecule has 1 saturated heterocycles. The molecule has 2 heterocycles. The van der Waals surface area contributed by atoms with Crippen LogP contribution in [0.15, 0.2) is 30.5 Å². The maximum absolute atomic E-state index is 5.24. The molecule has 0 amide bonds. The van der Waals surface area contributed by atoms with Crippen LogP contribution in [0.4, 0.5) is 5.82 Å². The van der Waals surface area contributed by atoms with Crippen molar-refractivity contribution in [3.8, 4) is 0 Å². The van der Waals surface area contributed by atoms with Crippen molar-refractivity contribution in [2.45, 2.75) is 0 Å². The Morgan fingerprint density at radius 2 is 2.06 bits per heavy atom. The molecule has 5 heteroatoms. The third kappa shape index (κ3) is 1.54. The lowest BCUT2D eigenvalue weighted by Gasteiger charge is -2.15. The van der Waals surface area contributed by atoms with Crippen molar-refractivity contribution in [1.29, 1.82) is 0 Å². The van der Waals surface area contributed by atoms with Gasteiger partial charge in [0.15, 0.2) is 5.82 Å². The number of rotatable bonds is 1. The summed E-state index contributed by atoms with van der Waals surface area (Å²) in [5.74, 6) is 0.814. The van der Waals surface area contributed by atoms with Crippen molar-refractivity contribution in [1.82, 2.24) is 15.3 Å². The molecule has 0 unspecified atom stereocenters. The molecule has 0 atom stereocenters. The van der Waals surface area contributed by atoms with E-state index in [1.165, 1.54) is 0 Å². The van der Waals surface area contributed by atoms with E-state index in [4.69, 9.17) is 12.2 Å². The van der Waals surface area contributed by atoms with Gasteiger partial charge in [0.05, 0.1) is 28.9 Å². The van der Waals surface area contributed by atoms with Crippen LogP contribution in [-0.2, 0) is 0 Å². The second kappa shape index (κ2) is 3.77. The van der Waals surface area contributed by atoms with Gasteiger partial charge in [0.2, 0.25) is 0 Å². The van der Waals surface area contributed by atoms with Gasteiger partial charge in [0, 0.05) is 6.54 Å². The standard InChI is InChI=1S/C11H10N4S/c16-11-6-12-7-15(11)10-5-13-8-3-1-2-4-9(8)14-10/h1-5,12H,6-7H2. The zero-order valence-electron chi connectivity index (χ0n) is 8.55. The highest BCUT2D eigenvalue weighted by Crippen LogP contribution is 2.16. The number of para-hydroxylation sites is 2. The molecule has 16 heavy (non-hydrogen) atoms. The van der Waals surface area contributed by atoms with Crippen molar-refractivity contribution in [3.63, 3.8) is 0 Å². The number of hydrogen-bond donors (Lipinski definition) is 1. The smallest absolute Gasteiger partial charge is 0.153 e. The number of hydrogen-bond acceptors (Lipinski definition) is 4. The van der Waals surface area contributed by atoms with Gasteiger partial charge >= 0.3 is 0 Å². The first-order valence-electron chi connectivity index (χ1n) is 5.07. The molecule has 1 aromatic heterocycles. The molecule has 4 nitrogen and oxygen atoms in total. The molecule has 0 bridgehead atoms. The highest BCUT2D eigenvalue weighted by atomic mass is 32.1. The number of nitrogens with one attached hydrogen (secondary N) is 1. The molecule has 1 aliphatic rings. The van der Waals surface area contributed by atoms with Crippen LogP contribution >= 0.6 is 12.2 Å². The van der Waals surface area contributed by atoms with E-state index in [0.29, 0.717) is 6.67 Å². The fourth-order valence-corrected chi connectivity index (χ4v) is 2.00. The van der Waals surface area contributed by atoms with Crippen molar-refractivity contribution < 1.29 is 0 Å². The molecular weight excluding hydrogens is 220 g/mol. The van der Waals surface area contributed by atoms with Gasteiger partial charge in [-0.05, 0) is 12.1 Å². The fourth-order valence-electron chi connectivity index (χ4n) is 1.74. The van der Waals surface area contributed by atoms with Crippen LogP contribution in [0.1, 0.15) is 0 Å². The number of benzene rings is 1. The third-order valence-corrected chi connectivity index (χ3v) is 2.92. The number of thiocarbonyl (C=S) groups is 1.